The molecule has 2 aromatic carbocycles. The molecule has 22 heavy (non-hydrogen) atoms. The Morgan fingerprint density at radius 3 is 2.82 bits per heavy atom. The molecule has 1 heterocycles. The second-order valence-electron chi connectivity index (χ2n) is 5.45. The number of fused-ring (bicyclic) bond motifs is 1. The number of aromatic nitrogens is 2. The predicted octanol–water partition coefficient (Wildman–Crippen LogP) is 4.74. The van der Waals surface area contributed by atoms with Gasteiger partial charge < -0.3 is 9.72 Å². The molecule has 0 fully saturated rings. The summed E-state index contributed by atoms with van der Waals surface area (Å²) in [6.45, 7) is 7.88. The number of aryl methyl sites for hydroxylation is 1. The smallest absolute Gasteiger partial charge is 0.153 e. The first-order chi connectivity index (χ1) is 10.7. The van der Waals surface area contributed by atoms with E-state index in [2.05, 4.69) is 35.6 Å². The number of aromatic amines is 1. The molecular formula is C19H20N2O. The molecule has 112 valence electrons. The molecule has 0 bridgehead atoms. The molecule has 3 rings (SSSR count). The number of para-hydroxylation sites is 2. The van der Waals surface area contributed by atoms with Gasteiger partial charge in [-0.05, 0) is 43.5 Å². The number of nitrogens with zero attached hydrogens (tertiary/aromatic N) is 1. The van der Waals surface area contributed by atoms with E-state index in [4.69, 9.17) is 4.74 Å². The summed E-state index contributed by atoms with van der Waals surface area (Å²) < 4.78 is 6.11. The Morgan fingerprint density at radius 2 is 2.05 bits per heavy atom. The van der Waals surface area contributed by atoms with Gasteiger partial charge in [0.25, 0.3) is 0 Å². The largest absolute Gasteiger partial charge is 0.483 e. The highest BCUT2D eigenvalue weighted by Crippen LogP contribution is 2.26. The van der Waals surface area contributed by atoms with Crippen LogP contribution < -0.4 is 4.74 Å². The maximum absolute atomic E-state index is 6.11. The average molecular weight is 292 g/mol. The molecule has 0 aliphatic heterocycles. The summed E-state index contributed by atoms with van der Waals surface area (Å²) in [7, 11) is 0. The molecule has 1 N–H and O–H groups in total. The van der Waals surface area contributed by atoms with Crippen LogP contribution in [0.15, 0.2) is 55.1 Å². The van der Waals surface area contributed by atoms with Crippen molar-refractivity contribution in [1.82, 2.24) is 9.97 Å². The Kier molecular flexibility index (Phi) is 3.96. The van der Waals surface area contributed by atoms with Gasteiger partial charge in [-0.2, -0.15) is 0 Å². The van der Waals surface area contributed by atoms with E-state index in [0.29, 0.717) is 0 Å². The summed E-state index contributed by atoms with van der Waals surface area (Å²) in [5.41, 5.74) is 4.35. The zero-order valence-electron chi connectivity index (χ0n) is 13.0. The maximum Gasteiger partial charge on any atom is 0.153 e. The molecule has 0 radical (unpaired) electrons. The van der Waals surface area contributed by atoms with Gasteiger partial charge in [0.1, 0.15) is 11.6 Å². The van der Waals surface area contributed by atoms with Crippen molar-refractivity contribution in [3.8, 4) is 5.75 Å². The van der Waals surface area contributed by atoms with Crippen LogP contribution in [0.4, 0.5) is 0 Å². The first kappa shape index (κ1) is 14.4. The second kappa shape index (κ2) is 6.06. The van der Waals surface area contributed by atoms with Gasteiger partial charge in [-0.25, -0.2) is 4.98 Å². The summed E-state index contributed by atoms with van der Waals surface area (Å²) in [6, 6.07) is 14.2. The fourth-order valence-electron chi connectivity index (χ4n) is 2.58. The van der Waals surface area contributed by atoms with E-state index < -0.39 is 0 Å². The van der Waals surface area contributed by atoms with Crippen molar-refractivity contribution in [2.45, 2.75) is 26.4 Å². The van der Waals surface area contributed by atoms with E-state index in [9.17, 15) is 0 Å². The topological polar surface area (TPSA) is 37.9 Å². The van der Waals surface area contributed by atoms with Crippen LogP contribution >= 0.6 is 0 Å². The molecule has 0 unspecified atom stereocenters. The van der Waals surface area contributed by atoms with E-state index in [1.54, 1.807) is 0 Å². The minimum atomic E-state index is -0.141. The van der Waals surface area contributed by atoms with Crippen LogP contribution in [0.5, 0.6) is 5.75 Å². The molecule has 1 atom stereocenters. The number of hydrogen-bond acceptors (Lipinski definition) is 2. The Hall–Kier alpha value is -2.55. The van der Waals surface area contributed by atoms with Crippen molar-refractivity contribution in [2.75, 3.05) is 0 Å². The number of imidazole rings is 1. The van der Waals surface area contributed by atoms with Crippen LogP contribution in [0.1, 0.15) is 30.0 Å². The van der Waals surface area contributed by atoms with Crippen LogP contribution in [-0.2, 0) is 6.42 Å². The van der Waals surface area contributed by atoms with Crippen LogP contribution in [0.25, 0.3) is 11.0 Å². The molecule has 0 saturated carbocycles. The normalized spacial score (nSPS) is 12.3. The van der Waals surface area contributed by atoms with Crippen molar-refractivity contribution in [3.63, 3.8) is 0 Å². The SMILES string of the molecule is C=CCc1ccccc1O[C@H](C)c1nc2c(C)cccc2[nH]1. The van der Waals surface area contributed by atoms with E-state index in [-0.39, 0.29) is 6.10 Å². The Bertz CT molecular complexity index is 804. The lowest BCUT2D eigenvalue weighted by Crippen LogP contribution is -2.06. The van der Waals surface area contributed by atoms with Crippen molar-refractivity contribution in [1.29, 1.82) is 0 Å². The minimum absolute atomic E-state index is 0.141. The molecule has 0 amide bonds. The summed E-state index contributed by atoms with van der Waals surface area (Å²) in [5.74, 6) is 1.73. The minimum Gasteiger partial charge on any atom is -0.483 e. The number of benzene rings is 2. The lowest BCUT2D eigenvalue weighted by molar-refractivity contribution is 0.216. The lowest BCUT2D eigenvalue weighted by atomic mass is 10.1. The molecule has 0 spiro atoms. The van der Waals surface area contributed by atoms with E-state index in [1.807, 2.05) is 43.3 Å². The molecule has 0 aliphatic rings. The third-order valence-electron chi connectivity index (χ3n) is 3.76. The second-order valence-corrected chi connectivity index (χ2v) is 5.45. The highest BCUT2D eigenvalue weighted by Gasteiger charge is 2.14. The lowest BCUT2D eigenvalue weighted by Gasteiger charge is -2.15. The highest BCUT2D eigenvalue weighted by atomic mass is 16.5. The fourth-order valence-corrected chi connectivity index (χ4v) is 2.58. The van der Waals surface area contributed by atoms with Crippen LogP contribution in [0.2, 0.25) is 0 Å². The Morgan fingerprint density at radius 1 is 1.23 bits per heavy atom. The van der Waals surface area contributed by atoms with Crippen LogP contribution in [0, 0.1) is 6.92 Å². The molecular weight excluding hydrogens is 272 g/mol. The molecule has 3 heteroatoms. The fraction of sp³-hybridized carbons (Fsp3) is 0.211. The van der Waals surface area contributed by atoms with E-state index in [1.165, 1.54) is 5.56 Å². The van der Waals surface area contributed by atoms with Crippen molar-refractivity contribution in [3.05, 3.63) is 72.1 Å². The van der Waals surface area contributed by atoms with Gasteiger partial charge in [0, 0.05) is 0 Å². The summed E-state index contributed by atoms with van der Waals surface area (Å²) in [6.07, 6.45) is 2.54. The van der Waals surface area contributed by atoms with Gasteiger partial charge >= 0.3 is 0 Å². The van der Waals surface area contributed by atoms with Crippen LogP contribution in [0.3, 0.4) is 0 Å². The molecule has 3 aromatic rings. The zero-order valence-corrected chi connectivity index (χ0v) is 13.0. The predicted molar refractivity (Wildman–Crippen MR) is 90.2 cm³/mol. The van der Waals surface area contributed by atoms with Gasteiger partial charge in [-0.3, -0.25) is 0 Å². The molecule has 1 aromatic heterocycles. The number of rotatable bonds is 5. The Balaban J connectivity index is 1.88. The monoisotopic (exact) mass is 292 g/mol. The number of nitrogens with one attached hydrogen (secondary N) is 1. The number of H-pyrrole nitrogens is 1. The number of ether oxygens (including phenoxy) is 1. The van der Waals surface area contributed by atoms with Crippen molar-refractivity contribution < 1.29 is 4.74 Å². The van der Waals surface area contributed by atoms with Gasteiger partial charge in [0.2, 0.25) is 0 Å². The summed E-state index contributed by atoms with van der Waals surface area (Å²) in [4.78, 5) is 8.03. The van der Waals surface area contributed by atoms with Crippen LogP contribution in [-0.4, -0.2) is 9.97 Å². The first-order valence-electron chi connectivity index (χ1n) is 7.49. The van der Waals surface area contributed by atoms with Gasteiger partial charge in [0.05, 0.1) is 11.0 Å². The number of hydrogen-bond donors (Lipinski definition) is 1. The van der Waals surface area contributed by atoms with E-state index in [0.717, 1.165) is 34.6 Å². The maximum atomic E-state index is 6.11. The summed E-state index contributed by atoms with van der Waals surface area (Å²) in [5, 5.41) is 0. The highest BCUT2D eigenvalue weighted by molar-refractivity contribution is 5.78. The third-order valence-corrected chi connectivity index (χ3v) is 3.76. The van der Waals surface area contributed by atoms with Crippen molar-refractivity contribution >= 4 is 11.0 Å². The molecule has 3 nitrogen and oxygen atoms in total. The average Bonchev–Trinajstić information content (AvgIpc) is 2.95. The van der Waals surface area contributed by atoms with Gasteiger partial charge in [-0.15, -0.1) is 6.58 Å². The number of allylic oxidation sites excluding steroid dienone is 1. The summed E-state index contributed by atoms with van der Waals surface area (Å²) >= 11 is 0. The quantitative estimate of drug-likeness (QED) is 0.690. The van der Waals surface area contributed by atoms with E-state index >= 15 is 0 Å². The third kappa shape index (κ3) is 2.75. The first-order valence-corrected chi connectivity index (χ1v) is 7.49. The molecule has 0 saturated heterocycles. The van der Waals surface area contributed by atoms with Gasteiger partial charge in [-0.1, -0.05) is 36.4 Å². The molecule has 0 aliphatic carbocycles. The standard InChI is InChI=1S/C19H20N2O/c1-4-8-15-10-5-6-12-17(15)22-14(3)19-20-16-11-7-9-13(2)18(16)21-19/h4-7,9-12,14H,1,8H2,2-3H3,(H,20,21)/t14-/m1/s1. The Labute approximate surface area is 130 Å². The van der Waals surface area contributed by atoms with Gasteiger partial charge in [0.15, 0.2) is 6.10 Å². The van der Waals surface area contributed by atoms with Crippen molar-refractivity contribution in [2.24, 2.45) is 0 Å². The zero-order chi connectivity index (χ0) is 15.5.